The van der Waals surface area contributed by atoms with Crippen LogP contribution in [0.2, 0.25) is 0 Å². The Labute approximate surface area is 87.3 Å². The molecule has 3 aliphatic heterocycles. The Bertz CT molecular complexity index is 301. The van der Waals surface area contributed by atoms with Crippen LogP contribution in [0, 0.1) is 0 Å². The molecule has 2 bridgehead atoms. The lowest BCUT2D eigenvalue weighted by molar-refractivity contribution is -0.168. The smallest absolute Gasteiger partial charge is 0.327 e. The number of ether oxygens (including phenoxy) is 2. The monoisotopic (exact) mass is 211 g/mol. The van der Waals surface area contributed by atoms with Gasteiger partial charge in [0.05, 0.1) is 25.3 Å². The first-order valence-electron chi connectivity index (χ1n) is 5.35. The summed E-state index contributed by atoms with van der Waals surface area (Å²) in [6.07, 6.45) is 3.68. The maximum atomic E-state index is 11.1. The number of hydrogen-bond acceptors (Lipinski definition) is 5. The SMILES string of the molecule is O=C1CN(C2CC3CCC2O3)CC(=O)O1. The van der Waals surface area contributed by atoms with Crippen molar-refractivity contribution in [2.24, 2.45) is 0 Å². The normalized spacial score (nSPS) is 40.9. The van der Waals surface area contributed by atoms with E-state index in [-0.39, 0.29) is 25.2 Å². The molecule has 0 spiro atoms. The number of fused-ring (bicyclic) bond motifs is 2. The van der Waals surface area contributed by atoms with E-state index in [0.717, 1.165) is 19.3 Å². The van der Waals surface area contributed by atoms with Gasteiger partial charge in [-0.15, -0.1) is 0 Å². The molecule has 82 valence electrons. The van der Waals surface area contributed by atoms with Crippen LogP contribution in [0.4, 0.5) is 0 Å². The average Bonchev–Trinajstić information content (AvgIpc) is 2.76. The molecule has 0 saturated carbocycles. The fourth-order valence-corrected chi connectivity index (χ4v) is 2.81. The molecule has 5 heteroatoms. The van der Waals surface area contributed by atoms with Gasteiger partial charge in [-0.3, -0.25) is 14.5 Å². The lowest BCUT2D eigenvalue weighted by atomic mass is 9.94. The molecule has 3 saturated heterocycles. The molecule has 0 N–H and O–H groups in total. The van der Waals surface area contributed by atoms with Gasteiger partial charge in [0.25, 0.3) is 0 Å². The molecule has 0 aromatic heterocycles. The van der Waals surface area contributed by atoms with E-state index in [0.29, 0.717) is 6.10 Å². The van der Waals surface area contributed by atoms with E-state index >= 15 is 0 Å². The standard InChI is InChI=1S/C10H13NO4/c12-9-4-11(5-10(13)15-9)7-3-6-1-2-8(7)14-6/h6-8H,1-5H2. The molecule has 3 atom stereocenters. The first-order chi connectivity index (χ1) is 7.22. The summed E-state index contributed by atoms with van der Waals surface area (Å²) in [5.74, 6) is -0.872. The molecular weight excluding hydrogens is 198 g/mol. The number of nitrogens with zero attached hydrogens (tertiary/aromatic N) is 1. The molecular formula is C10H13NO4. The largest absolute Gasteiger partial charge is 0.391 e. The highest BCUT2D eigenvalue weighted by Gasteiger charge is 2.45. The average molecular weight is 211 g/mol. The lowest BCUT2D eigenvalue weighted by Crippen LogP contribution is -2.51. The molecule has 3 rings (SSSR count). The van der Waals surface area contributed by atoms with Crippen LogP contribution in [0.5, 0.6) is 0 Å². The number of esters is 2. The van der Waals surface area contributed by atoms with E-state index in [1.165, 1.54) is 0 Å². The molecule has 3 fully saturated rings. The zero-order valence-electron chi connectivity index (χ0n) is 8.35. The minimum atomic E-state index is -0.436. The van der Waals surface area contributed by atoms with Crippen LogP contribution in [0.3, 0.4) is 0 Å². The maximum absolute atomic E-state index is 11.1. The Kier molecular flexibility index (Phi) is 2.03. The van der Waals surface area contributed by atoms with Crippen LogP contribution in [0.15, 0.2) is 0 Å². The van der Waals surface area contributed by atoms with E-state index < -0.39 is 11.9 Å². The van der Waals surface area contributed by atoms with Crippen molar-refractivity contribution in [3.63, 3.8) is 0 Å². The molecule has 3 unspecified atom stereocenters. The fraction of sp³-hybridized carbons (Fsp3) is 0.800. The Morgan fingerprint density at radius 3 is 2.40 bits per heavy atom. The van der Waals surface area contributed by atoms with Crippen LogP contribution in [0.25, 0.3) is 0 Å². The van der Waals surface area contributed by atoms with Crippen molar-refractivity contribution < 1.29 is 19.1 Å². The molecule has 3 aliphatic rings. The predicted molar refractivity (Wildman–Crippen MR) is 49.0 cm³/mol. The molecule has 3 heterocycles. The number of hydrogen-bond donors (Lipinski definition) is 0. The Morgan fingerprint density at radius 2 is 1.87 bits per heavy atom. The number of rotatable bonds is 1. The summed E-state index contributed by atoms with van der Waals surface area (Å²) in [7, 11) is 0. The van der Waals surface area contributed by atoms with Crippen LogP contribution in [0.1, 0.15) is 19.3 Å². The molecule has 0 aromatic carbocycles. The van der Waals surface area contributed by atoms with Gasteiger partial charge in [0.15, 0.2) is 0 Å². The second kappa shape index (κ2) is 3.28. The minimum absolute atomic E-state index is 0.216. The van der Waals surface area contributed by atoms with Crippen LogP contribution >= 0.6 is 0 Å². The number of carbonyl (C=O) groups excluding carboxylic acids is 2. The highest BCUT2D eigenvalue weighted by atomic mass is 16.6. The van der Waals surface area contributed by atoms with Crippen molar-refractivity contribution in [1.82, 2.24) is 4.90 Å². The van der Waals surface area contributed by atoms with Crippen molar-refractivity contribution >= 4 is 11.9 Å². The van der Waals surface area contributed by atoms with E-state index in [2.05, 4.69) is 4.74 Å². The van der Waals surface area contributed by atoms with Crippen molar-refractivity contribution in [1.29, 1.82) is 0 Å². The highest BCUT2D eigenvalue weighted by Crippen LogP contribution is 2.37. The van der Waals surface area contributed by atoms with Crippen molar-refractivity contribution in [3.05, 3.63) is 0 Å². The number of cyclic esters (lactones) is 2. The summed E-state index contributed by atoms with van der Waals surface area (Å²) in [5, 5.41) is 0. The Morgan fingerprint density at radius 1 is 1.13 bits per heavy atom. The van der Waals surface area contributed by atoms with Gasteiger partial charge >= 0.3 is 11.9 Å². The lowest BCUT2D eigenvalue weighted by Gasteiger charge is -2.33. The van der Waals surface area contributed by atoms with Gasteiger partial charge in [-0.1, -0.05) is 0 Å². The Hall–Kier alpha value is -0.940. The maximum Gasteiger partial charge on any atom is 0.327 e. The third-order valence-electron chi connectivity index (χ3n) is 3.44. The van der Waals surface area contributed by atoms with Crippen molar-refractivity contribution in [2.75, 3.05) is 13.1 Å². The number of carbonyl (C=O) groups is 2. The molecule has 0 aromatic rings. The fourth-order valence-electron chi connectivity index (χ4n) is 2.81. The van der Waals surface area contributed by atoms with Gasteiger partial charge in [-0.2, -0.15) is 0 Å². The van der Waals surface area contributed by atoms with Crippen LogP contribution in [-0.2, 0) is 19.1 Å². The van der Waals surface area contributed by atoms with Crippen molar-refractivity contribution in [2.45, 2.75) is 37.5 Å². The molecule has 15 heavy (non-hydrogen) atoms. The predicted octanol–water partition coefficient (Wildman–Crippen LogP) is -0.308. The summed E-state index contributed by atoms with van der Waals surface area (Å²) >= 11 is 0. The van der Waals surface area contributed by atoms with Crippen molar-refractivity contribution in [3.8, 4) is 0 Å². The summed E-state index contributed by atoms with van der Waals surface area (Å²) in [4.78, 5) is 24.1. The first-order valence-corrected chi connectivity index (χ1v) is 5.35. The zero-order valence-corrected chi connectivity index (χ0v) is 8.35. The van der Waals surface area contributed by atoms with Gasteiger partial charge in [-0.25, -0.2) is 0 Å². The number of morpholine rings is 1. The van der Waals surface area contributed by atoms with Crippen LogP contribution in [-0.4, -0.2) is 48.2 Å². The van der Waals surface area contributed by atoms with Gasteiger partial charge in [0, 0.05) is 6.04 Å². The van der Waals surface area contributed by atoms with Gasteiger partial charge in [-0.05, 0) is 19.3 Å². The van der Waals surface area contributed by atoms with Crippen LogP contribution < -0.4 is 0 Å². The quantitative estimate of drug-likeness (QED) is 0.440. The first kappa shape index (κ1) is 9.30. The van der Waals surface area contributed by atoms with Gasteiger partial charge in [0.1, 0.15) is 0 Å². The second-order valence-electron chi connectivity index (χ2n) is 4.43. The minimum Gasteiger partial charge on any atom is -0.391 e. The van der Waals surface area contributed by atoms with E-state index in [4.69, 9.17) is 4.74 Å². The third-order valence-corrected chi connectivity index (χ3v) is 3.44. The van der Waals surface area contributed by atoms with E-state index in [1.807, 2.05) is 4.90 Å². The summed E-state index contributed by atoms with van der Waals surface area (Å²) in [6, 6.07) is 0.237. The Balaban J connectivity index is 1.71. The van der Waals surface area contributed by atoms with Gasteiger partial charge in [0.2, 0.25) is 0 Å². The molecule has 5 nitrogen and oxygen atoms in total. The second-order valence-corrected chi connectivity index (χ2v) is 4.43. The topological polar surface area (TPSA) is 55.8 Å². The van der Waals surface area contributed by atoms with E-state index in [9.17, 15) is 9.59 Å². The highest BCUT2D eigenvalue weighted by molar-refractivity contribution is 5.90. The summed E-state index contributed by atoms with van der Waals surface area (Å²) < 4.78 is 10.2. The summed E-state index contributed by atoms with van der Waals surface area (Å²) in [6.45, 7) is 0.450. The molecule has 0 radical (unpaired) electrons. The van der Waals surface area contributed by atoms with Gasteiger partial charge < -0.3 is 9.47 Å². The third kappa shape index (κ3) is 1.55. The molecule has 0 amide bonds. The molecule has 0 aliphatic carbocycles. The summed E-state index contributed by atoms with van der Waals surface area (Å²) in [5.41, 5.74) is 0. The zero-order chi connectivity index (χ0) is 10.4. The van der Waals surface area contributed by atoms with E-state index in [1.54, 1.807) is 0 Å².